The lowest BCUT2D eigenvalue weighted by molar-refractivity contribution is -0.130. The average Bonchev–Trinajstić information content (AvgIpc) is 2.90. The summed E-state index contributed by atoms with van der Waals surface area (Å²) in [7, 11) is -3.52. The van der Waals surface area contributed by atoms with Crippen molar-refractivity contribution in [3.63, 3.8) is 0 Å². The summed E-state index contributed by atoms with van der Waals surface area (Å²) in [5.41, 5.74) is 1.69. The molecule has 27 heavy (non-hydrogen) atoms. The van der Waals surface area contributed by atoms with E-state index in [2.05, 4.69) is 0 Å². The van der Waals surface area contributed by atoms with E-state index in [1.807, 2.05) is 6.92 Å². The number of sulfone groups is 1. The zero-order chi connectivity index (χ0) is 19.4. The second-order valence-electron chi connectivity index (χ2n) is 7.30. The highest BCUT2D eigenvalue weighted by atomic mass is 32.2. The van der Waals surface area contributed by atoms with Gasteiger partial charge in [0.2, 0.25) is 11.8 Å². The largest absolute Gasteiger partial charge is 0.343 e. The van der Waals surface area contributed by atoms with Crippen LogP contribution in [0.2, 0.25) is 0 Å². The van der Waals surface area contributed by atoms with Crippen LogP contribution in [0, 0.1) is 0 Å². The van der Waals surface area contributed by atoms with Crippen LogP contribution < -0.4 is 4.90 Å². The molecule has 0 atom stereocenters. The Morgan fingerprint density at radius 3 is 2.37 bits per heavy atom. The lowest BCUT2D eigenvalue weighted by Crippen LogP contribution is -2.33. The number of likely N-dealkylation sites (tertiary alicyclic amines) is 1. The van der Waals surface area contributed by atoms with E-state index in [9.17, 15) is 18.0 Å². The van der Waals surface area contributed by atoms with Crippen LogP contribution in [0.4, 0.5) is 5.69 Å². The molecule has 0 unspecified atom stereocenters. The Balaban J connectivity index is 1.67. The van der Waals surface area contributed by atoms with Gasteiger partial charge in [0.05, 0.1) is 10.6 Å². The van der Waals surface area contributed by atoms with Crippen molar-refractivity contribution in [2.75, 3.05) is 30.3 Å². The number of carbonyl (C=O) groups is 2. The third-order valence-electron chi connectivity index (χ3n) is 5.45. The second-order valence-corrected chi connectivity index (χ2v) is 9.41. The van der Waals surface area contributed by atoms with Crippen molar-refractivity contribution in [1.82, 2.24) is 4.90 Å². The lowest BCUT2D eigenvalue weighted by Gasteiger charge is -2.20. The first-order valence-corrected chi connectivity index (χ1v) is 11.5. The Kier molecular flexibility index (Phi) is 6.19. The highest BCUT2D eigenvalue weighted by Gasteiger charge is 2.26. The van der Waals surface area contributed by atoms with E-state index in [-0.39, 0.29) is 28.9 Å². The summed E-state index contributed by atoms with van der Waals surface area (Å²) < 4.78 is 25.4. The van der Waals surface area contributed by atoms with Gasteiger partial charge in [0, 0.05) is 38.2 Å². The highest BCUT2D eigenvalue weighted by molar-refractivity contribution is 7.91. The molecule has 0 spiro atoms. The van der Waals surface area contributed by atoms with Gasteiger partial charge in [0.25, 0.3) is 0 Å². The maximum Gasteiger partial charge on any atom is 0.226 e. The van der Waals surface area contributed by atoms with Gasteiger partial charge >= 0.3 is 0 Å². The van der Waals surface area contributed by atoms with Crippen molar-refractivity contribution in [1.29, 1.82) is 0 Å². The van der Waals surface area contributed by atoms with Gasteiger partial charge in [-0.2, -0.15) is 0 Å². The molecular formula is C20H28N2O4S. The summed E-state index contributed by atoms with van der Waals surface area (Å²) in [6.45, 7) is 3.89. The molecule has 6 nitrogen and oxygen atoms in total. The molecule has 0 N–H and O–H groups in total. The van der Waals surface area contributed by atoms with Crippen LogP contribution in [0.25, 0.3) is 0 Å². The fourth-order valence-electron chi connectivity index (χ4n) is 3.84. The second kappa shape index (κ2) is 8.42. The third kappa shape index (κ3) is 4.51. The number of carbonyl (C=O) groups excluding carboxylic acids is 2. The minimum absolute atomic E-state index is 0.0276. The summed E-state index contributed by atoms with van der Waals surface area (Å²) in [5, 5.41) is 0. The third-order valence-corrected chi connectivity index (χ3v) is 7.17. The highest BCUT2D eigenvalue weighted by Crippen LogP contribution is 2.31. The maximum absolute atomic E-state index is 12.7. The van der Waals surface area contributed by atoms with Crippen LogP contribution in [0.5, 0.6) is 0 Å². The molecule has 0 aromatic heterocycles. The quantitative estimate of drug-likeness (QED) is 0.772. The fraction of sp³-hybridized carbons (Fsp3) is 0.600. The van der Waals surface area contributed by atoms with E-state index in [1.54, 1.807) is 28.0 Å². The molecule has 0 radical (unpaired) electrons. The van der Waals surface area contributed by atoms with Crippen molar-refractivity contribution in [3.05, 3.63) is 23.8 Å². The normalized spacial score (nSPS) is 17.5. The van der Waals surface area contributed by atoms with Gasteiger partial charge in [-0.05, 0) is 43.0 Å². The molecule has 7 heteroatoms. The van der Waals surface area contributed by atoms with Gasteiger partial charge in [0.15, 0.2) is 9.84 Å². The average molecular weight is 393 g/mol. The Labute approximate surface area is 161 Å². The first-order valence-electron chi connectivity index (χ1n) is 9.86. The number of amides is 2. The molecule has 148 valence electrons. The van der Waals surface area contributed by atoms with Crippen LogP contribution in [-0.2, 0) is 25.8 Å². The Hall–Kier alpha value is -1.89. The number of rotatable bonds is 5. The molecule has 2 heterocycles. The summed E-state index contributed by atoms with van der Waals surface area (Å²) in [5.74, 6) is -0.188. The molecule has 0 aliphatic carbocycles. The predicted octanol–water partition coefficient (Wildman–Crippen LogP) is 2.55. The zero-order valence-corrected chi connectivity index (χ0v) is 16.8. The van der Waals surface area contributed by atoms with Crippen molar-refractivity contribution in [3.8, 4) is 0 Å². The molecule has 2 amide bonds. The van der Waals surface area contributed by atoms with E-state index < -0.39 is 9.84 Å². The summed E-state index contributed by atoms with van der Waals surface area (Å²) in [6.07, 6.45) is 5.38. The molecule has 2 aliphatic heterocycles. The first-order chi connectivity index (χ1) is 12.9. The molecule has 2 aliphatic rings. The van der Waals surface area contributed by atoms with Gasteiger partial charge in [0.1, 0.15) is 0 Å². The molecule has 1 saturated heterocycles. The van der Waals surface area contributed by atoms with Crippen molar-refractivity contribution < 1.29 is 18.0 Å². The minimum Gasteiger partial charge on any atom is -0.343 e. The van der Waals surface area contributed by atoms with Crippen molar-refractivity contribution in [2.45, 2.75) is 56.8 Å². The predicted molar refractivity (Wildman–Crippen MR) is 105 cm³/mol. The molecule has 0 saturated carbocycles. The Morgan fingerprint density at radius 2 is 1.70 bits per heavy atom. The smallest absolute Gasteiger partial charge is 0.226 e. The Morgan fingerprint density at radius 1 is 1.00 bits per heavy atom. The van der Waals surface area contributed by atoms with Crippen LogP contribution >= 0.6 is 0 Å². The fourth-order valence-corrected chi connectivity index (χ4v) is 5.12. The van der Waals surface area contributed by atoms with Gasteiger partial charge in [-0.25, -0.2) is 8.42 Å². The number of hydrogen-bond acceptors (Lipinski definition) is 4. The summed E-state index contributed by atoms with van der Waals surface area (Å²) >= 11 is 0. The zero-order valence-electron chi connectivity index (χ0n) is 15.9. The van der Waals surface area contributed by atoms with Crippen molar-refractivity contribution in [2.24, 2.45) is 0 Å². The first kappa shape index (κ1) is 19.9. The summed E-state index contributed by atoms with van der Waals surface area (Å²) in [6, 6.07) is 4.95. The van der Waals surface area contributed by atoms with E-state index in [4.69, 9.17) is 0 Å². The molecule has 1 aromatic carbocycles. The number of benzene rings is 1. The molecule has 3 rings (SSSR count). The number of nitrogens with zero attached hydrogens (tertiary/aromatic N) is 2. The van der Waals surface area contributed by atoms with Gasteiger partial charge in [-0.15, -0.1) is 0 Å². The van der Waals surface area contributed by atoms with Crippen LogP contribution in [0.15, 0.2) is 23.1 Å². The van der Waals surface area contributed by atoms with Crippen LogP contribution in [-0.4, -0.2) is 50.5 Å². The van der Waals surface area contributed by atoms with E-state index in [0.717, 1.165) is 50.0 Å². The molecule has 1 aromatic rings. The molecule has 0 bridgehead atoms. The molecular weight excluding hydrogens is 364 g/mol. The van der Waals surface area contributed by atoms with E-state index in [0.29, 0.717) is 19.4 Å². The van der Waals surface area contributed by atoms with E-state index in [1.165, 1.54) is 0 Å². The van der Waals surface area contributed by atoms with Gasteiger partial charge in [-0.3, -0.25) is 9.59 Å². The number of anilines is 1. The monoisotopic (exact) mass is 392 g/mol. The summed E-state index contributed by atoms with van der Waals surface area (Å²) in [4.78, 5) is 28.1. The number of hydrogen-bond donors (Lipinski definition) is 0. The maximum atomic E-state index is 12.7. The Bertz CT molecular complexity index is 811. The van der Waals surface area contributed by atoms with E-state index >= 15 is 0 Å². The van der Waals surface area contributed by atoms with Gasteiger partial charge in [-0.1, -0.05) is 19.8 Å². The SMILES string of the molecule is CCC(=O)N1CCc2cc(S(=O)(=O)CCC(=O)N3CCCCCC3)ccc21. The van der Waals surface area contributed by atoms with Crippen LogP contribution in [0.1, 0.15) is 51.0 Å². The van der Waals surface area contributed by atoms with Gasteiger partial charge < -0.3 is 9.80 Å². The topological polar surface area (TPSA) is 74.8 Å². The molecule has 1 fully saturated rings. The number of fused-ring (bicyclic) bond motifs is 1. The standard InChI is InChI=1S/C20H28N2O4S/c1-2-19(23)22-13-9-16-15-17(7-8-18(16)22)27(25,26)14-10-20(24)21-11-5-3-4-6-12-21/h7-8,15H,2-6,9-14H2,1H3. The van der Waals surface area contributed by atoms with Crippen molar-refractivity contribution >= 4 is 27.3 Å². The minimum atomic E-state index is -3.52. The lowest BCUT2D eigenvalue weighted by atomic mass is 10.2. The van der Waals surface area contributed by atoms with Crippen LogP contribution in [0.3, 0.4) is 0 Å².